The molecule has 2 aliphatic rings. The minimum Gasteiger partial charge on any atom is -0.449 e. The summed E-state index contributed by atoms with van der Waals surface area (Å²) in [4.78, 5) is 19.1. The molecule has 0 bridgehead atoms. The number of aryl methyl sites for hydroxylation is 1. The van der Waals surface area contributed by atoms with Crippen LogP contribution in [0.4, 0.5) is 19.0 Å². The molecule has 0 unspecified atom stereocenters. The molecule has 11 heteroatoms. The Hall–Kier alpha value is -3.08. The minimum absolute atomic E-state index is 0.0554. The van der Waals surface area contributed by atoms with Crippen LogP contribution in [0.15, 0.2) is 35.1 Å². The van der Waals surface area contributed by atoms with E-state index in [1.807, 2.05) is 0 Å². The number of alkyl halides is 3. The van der Waals surface area contributed by atoms with Crippen LogP contribution in [-0.4, -0.2) is 57.3 Å². The van der Waals surface area contributed by atoms with Gasteiger partial charge in [-0.15, -0.1) is 0 Å². The lowest BCUT2D eigenvalue weighted by molar-refractivity contribution is -0.137. The summed E-state index contributed by atoms with van der Waals surface area (Å²) in [5, 5.41) is 10.5. The summed E-state index contributed by atoms with van der Waals surface area (Å²) in [6.45, 7) is 1.56. The first-order valence-electron chi connectivity index (χ1n) is 11.5. The van der Waals surface area contributed by atoms with Gasteiger partial charge in [0, 0.05) is 37.5 Å². The predicted molar refractivity (Wildman–Crippen MR) is 119 cm³/mol. The van der Waals surface area contributed by atoms with E-state index in [0.717, 1.165) is 56.8 Å². The largest absolute Gasteiger partial charge is 0.449 e. The van der Waals surface area contributed by atoms with Crippen LogP contribution in [0.2, 0.25) is 0 Å². The van der Waals surface area contributed by atoms with E-state index in [1.165, 1.54) is 10.7 Å². The van der Waals surface area contributed by atoms with Crippen molar-refractivity contribution in [3.8, 4) is 0 Å². The number of halogens is 3. The number of hydrogen-bond donors (Lipinski definition) is 2. The highest BCUT2D eigenvalue weighted by Gasteiger charge is 2.36. The van der Waals surface area contributed by atoms with Gasteiger partial charge in [0.15, 0.2) is 11.7 Å². The van der Waals surface area contributed by atoms with Crippen molar-refractivity contribution in [2.24, 2.45) is 7.05 Å². The number of carbonyl (C=O) groups excluding carboxylic acids is 1. The van der Waals surface area contributed by atoms with Crippen molar-refractivity contribution in [1.29, 1.82) is 0 Å². The number of anilines is 1. The Morgan fingerprint density at radius 1 is 1.21 bits per heavy atom. The molecule has 34 heavy (non-hydrogen) atoms. The Kier molecular flexibility index (Phi) is 5.97. The maximum atomic E-state index is 13.1. The molecule has 1 aliphatic heterocycles. The van der Waals surface area contributed by atoms with Gasteiger partial charge in [-0.2, -0.15) is 18.3 Å². The first kappa shape index (κ1) is 22.7. The van der Waals surface area contributed by atoms with E-state index in [4.69, 9.17) is 4.42 Å². The number of aromatic nitrogens is 3. The van der Waals surface area contributed by atoms with E-state index in [1.54, 1.807) is 19.5 Å². The second-order valence-electron chi connectivity index (χ2n) is 9.15. The zero-order valence-corrected chi connectivity index (χ0v) is 18.8. The molecule has 1 amide bonds. The summed E-state index contributed by atoms with van der Waals surface area (Å²) < 4.78 is 46.2. The van der Waals surface area contributed by atoms with E-state index >= 15 is 0 Å². The highest BCUT2D eigenvalue weighted by atomic mass is 19.4. The van der Waals surface area contributed by atoms with E-state index in [0.29, 0.717) is 22.9 Å². The van der Waals surface area contributed by atoms with Crippen LogP contribution in [0.1, 0.15) is 43.1 Å². The molecule has 0 radical (unpaired) electrons. The maximum absolute atomic E-state index is 13.1. The third-order valence-electron chi connectivity index (χ3n) is 6.88. The van der Waals surface area contributed by atoms with Crippen LogP contribution in [0.25, 0.3) is 10.9 Å². The number of carbonyl (C=O) groups is 1. The summed E-state index contributed by atoms with van der Waals surface area (Å²) in [6.07, 6.45) is 3.14. The van der Waals surface area contributed by atoms with Crippen molar-refractivity contribution in [1.82, 2.24) is 25.0 Å². The van der Waals surface area contributed by atoms with E-state index in [9.17, 15) is 18.0 Å². The Balaban J connectivity index is 1.09. The number of fused-ring (bicyclic) bond motifs is 1. The first-order chi connectivity index (χ1) is 16.3. The van der Waals surface area contributed by atoms with Gasteiger partial charge >= 0.3 is 6.18 Å². The Bertz CT molecular complexity index is 1150. The van der Waals surface area contributed by atoms with Crippen LogP contribution in [0, 0.1) is 0 Å². The highest BCUT2D eigenvalue weighted by Crippen LogP contribution is 2.35. The van der Waals surface area contributed by atoms with Gasteiger partial charge < -0.3 is 15.1 Å². The van der Waals surface area contributed by atoms with Crippen molar-refractivity contribution in [3.63, 3.8) is 0 Å². The third-order valence-corrected chi connectivity index (χ3v) is 6.88. The van der Waals surface area contributed by atoms with Crippen molar-refractivity contribution in [3.05, 3.63) is 42.1 Å². The normalized spacial score (nSPS) is 22.0. The van der Waals surface area contributed by atoms with Crippen molar-refractivity contribution >= 4 is 22.6 Å². The molecule has 0 atom stereocenters. The van der Waals surface area contributed by atoms with Crippen molar-refractivity contribution in [2.75, 3.05) is 25.0 Å². The van der Waals surface area contributed by atoms with Crippen LogP contribution in [-0.2, 0) is 18.0 Å². The summed E-state index contributed by atoms with van der Waals surface area (Å²) in [6, 6.07) is 4.07. The van der Waals surface area contributed by atoms with E-state index in [-0.39, 0.29) is 24.3 Å². The van der Waals surface area contributed by atoms with Gasteiger partial charge in [-0.1, -0.05) is 0 Å². The molecule has 8 nitrogen and oxygen atoms in total. The SMILES string of the molecule is Cn1nc(NCC(=O)NC2CN(C3CCC(c4ncco4)CC3)C2)c2cc(C(F)(F)F)ccc21. The van der Waals surface area contributed by atoms with Crippen LogP contribution >= 0.6 is 0 Å². The van der Waals surface area contributed by atoms with E-state index in [2.05, 4.69) is 25.6 Å². The number of oxazole rings is 1. The second-order valence-corrected chi connectivity index (χ2v) is 9.15. The predicted octanol–water partition coefficient (Wildman–Crippen LogP) is 3.52. The Morgan fingerprint density at radius 3 is 2.65 bits per heavy atom. The van der Waals surface area contributed by atoms with Gasteiger partial charge in [0.1, 0.15) is 6.26 Å². The van der Waals surface area contributed by atoms with Gasteiger partial charge in [-0.25, -0.2) is 4.98 Å². The molecular weight excluding hydrogens is 449 g/mol. The van der Waals surface area contributed by atoms with Crippen LogP contribution in [0.5, 0.6) is 0 Å². The minimum atomic E-state index is -4.44. The van der Waals surface area contributed by atoms with E-state index < -0.39 is 11.7 Å². The molecule has 1 saturated carbocycles. The zero-order valence-electron chi connectivity index (χ0n) is 18.8. The molecule has 3 heterocycles. The summed E-state index contributed by atoms with van der Waals surface area (Å²) in [5.74, 6) is 1.28. The van der Waals surface area contributed by atoms with Crippen LogP contribution in [0.3, 0.4) is 0 Å². The lowest BCUT2D eigenvalue weighted by atomic mass is 9.84. The Labute approximate surface area is 194 Å². The smallest absolute Gasteiger partial charge is 0.416 e. The number of likely N-dealkylation sites (tertiary alicyclic amines) is 1. The number of nitrogens with one attached hydrogen (secondary N) is 2. The number of rotatable bonds is 6. The van der Waals surface area contributed by atoms with Gasteiger partial charge in [-0.05, 0) is 43.9 Å². The number of nitrogens with zero attached hydrogens (tertiary/aromatic N) is 4. The molecule has 5 rings (SSSR count). The maximum Gasteiger partial charge on any atom is 0.416 e. The van der Waals surface area contributed by atoms with Gasteiger partial charge in [0.25, 0.3) is 0 Å². The summed E-state index contributed by atoms with van der Waals surface area (Å²) in [7, 11) is 1.66. The zero-order chi connectivity index (χ0) is 23.9. The molecule has 0 spiro atoms. The topological polar surface area (TPSA) is 88.2 Å². The fourth-order valence-corrected chi connectivity index (χ4v) is 5.04. The fraction of sp³-hybridized carbons (Fsp3) is 0.522. The molecule has 1 aromatic carbocycles. The standard InChI is InChI=1S/C23H27F3N6O2/c1-31-19-7-4-15(23(24,25)26)10-18(19)21(30-31)28-11-20(33)29-16-12-32(13-16)17-5-2-14(3-6-17)22-27-8-9-34-22/h4,7-10,14,16-17H,2-3,5-6,11-13H2,1H3,(H,28,30)(H,29,33). The lowest BCUT2D eigenvalue weighted by Crippen LogP contribution is -2.63. The fourth-order valence-electron chi connectivity index (χ4n) is 5.04. The second kappa shape index (κ2) is 8.94. The highest BCUT2D eigenvalue weighted by molar-refractivity contribution is 5.92. The molecule has 2 aromatic heterocycles. The number of benzene rings is 1. The van der Waals surface area contributed by atoms with Gasteiger partial charge in [0.05, 0.1) is 29.9 Å². The lowest BCUT2D eigenvalue weighted by Gasteiger charge is -2.46. The molecule has 182 valence electrons. The molecule has 3 aromatic rings. The Morgan fingerprint density at radius 2 is 1.97 bits per heavy atom. The molecule has 2 N–H and O–H groups in total. The molecule has 1 saturated heterocycles. The third kappa shape index (κ3) is 4.61. The average molecular weight is 477 g/mol. The van der Waals surface area contributed by atoms with Gasteiger partial charge in [-0.3, -0.25) is 14.4 Å². The van der Waals surface area contributed by atoms with Crippen molar-refractivity contribution < 1.29 is 22.4 Å². The number of amides is 1. The quantitative estimate of drug-likeness (QED) is 0.566. The summed E-state index contributed by atoms with van der Waals surface area (Å²) >= 11 is 0. The summed E-state index contributed by atoms with van der Waals surface area (Å²) in [5.41, 5.74) is -0.187. The number of hydrogen-bond acceptors (Lipinski definition) is 6. The van der Waals surface area contributed by atoms with Crippen molar-refractivity contribution in [2.45, 2.75) is 49.9 Å². The molecule has 1 aliphatic carbocycles. The molecule has 2 fully saturated rings. The molecular formula is C23H27F3N6O2. The average Bonchev–Trinajstić information content (AvgIpc) is 3.42. The van der Waals surface area contributed by atoms with Crippen LogP contribution < -0.4 is 10.6 Å². The van der Waals surface area contributed by atoms with Gasteiger partial charge in [0.2, 0.25) is 5.91 Å². The first-order valence-corrected chi connectivity index (χ1v) is 11.5. The monoisotopic (exact) mass is 476 g/mol.